The first-order valence-electron chi connectivity index (χ1n) is 20.2. The van der Waals surface area contributed by atoms with Crippen LogP contribution < -0.4 is 14.8 Å². The highest BCUT2D eigenvalue weighted by atomic mass is 16.7. The maximum Gasteiger partial charge on any atom is 0.309 e. The fraction of sp³-hybridized carbons (Fsp3) is 0.750. The Bertz CT molecular complexity index is 1710. The summed E-state index contributed by atoms with van der Waals surface area (Å²) in [7, 11) is 0. The molecule has 53 heavy (non-hydrogen) atoms. The average molecular weight is 734 g/mol. The van der Waals surface area contributed by atoms with E-state index in [1.807, 2.05) is 18.2 Å². The van der Waals surface area contributed by atoms with Crippen molar-refractivity contribution in [2.24, 2.45) is 56.2 Å². The van der Waals surface area contributed by atoms with Gasteiger partial charge < -0.3 is 29.7 Å². The number of aliphatic carboxylic acids is 1. The quantitative estimate of drug-likeness (QED) is 0.214. The van der Waals surface area contributed by atoms with Crippen LogP contribution in [0.25, 0.3) is 0 Å². The molecule has 1 aromatic carbocycles. The van der Waals surface area contributed by atoms with E-state index in [4.69, 9.17) is 14.2 Å². The molecule has 9 heteroatoms. The predicted octanol–water partition coefficient (Wildman–Crippen LogP) is 8.58. The number of carbonyl (C=O) groups is 3. The lowest BCUT2D eigenvalue weighted by Crippen LogP contribution is -2.66. The second-order valence-electron chi connectivity index (χ2n) is 20.0. The molecule has 0 amide bonds. The molecule has 4 saturated carbocycles. The molecule has 3 N–H and O–H groups in total. The molecule has 7 rings (SSSR count). The molecule has 9 nitrogen and oxygen atoms in total. The van der Waals surface area contributed by atoms with Gasteiger partial charge in [0.05, 0.1) is 17.9 Å². The number of anilines is 1. The van der Waals surface area contributed by atoms with Crippen molar-refractivity contribution in [3.05, 3.63) is 29.3 Å². The van der Waals surface area contributed by atoms with Crippen molar-refractivity contribution in [3.63, 3.8) is 0 Å². The third kappa shape index (κ3) is 5.66. The smallest absolute Gasteiger partial charge is 0.309 e. The van der Waals surface area contributed by atoms with Crippen LogP contribution in [-0.4, -0.2) is 53.5 Å². The predicted molar refractivity (Wildman–Crippen MR) is 202 cm³/mol. The number of ketones is 1. The van der Waals surface area contributed by atoms with Gasteiger partial charge in [-0.3, -0.25) is 14.4 Å². The molecule has 9 atom stereocenters. The standard InChI is InChI=1S/C44H63NO8/c1-25(2)36-28(46)21-44(33(47)23-45-26-10-12-29-30(20-26)52-24-51-29)19-18-42(8)27(37(36)44)11-13-32-41(7)16-15-34(53-35(48)22-39(3,4)38(49)50)40(5,6)31(41)14-17-43(32,42)9/h10,12,20,25,27,31-34,45,47H,11,13-19,21-24H2,1-9H3,(H,49,50)/t27-,31+,32-,33-,34+,41+,42-,43-,44+/m1/s1. The Balaban J connectivity index is 1.15. The van der Waals surface area contributed by atoms with Crippen LogP contribution in [0.3, 0.4) is 0 Å². The minimum atomic E-state index is -1.17. The zero-order valence-electron chi connectivity index (χ0n) is 33.5. The van der Waals surface area contributed by atoms with Crippen LogP contribution in [0.5, 0.6) is 11.5 Å². The van der Waals surface area contributed by atoms with Crippen molar-refractivity contribution in [3.8, 4) is 11.5 Å². The highest BCUT2D eigenvalue weighted by Gasteiger charge is 2.70. The second-order valence-corrected chi connectivity index (χ2v) is 20.0. The number of aliphatic hydroxyl groups is 1. The van der Waals surface area contributed by atoms with Gasteiger partial charge in [0.15, 0.2) is 17.3 Å². The number of Topliss-reactive ketones (excluding diaryl/α,β-unsaturated/α-hetero) is 1. The number of fused-ring (bicyclic) bond motifs is 8. The van der Waals surface area contributed by atoms with Gasteiger partial charge in [-0.1, -0.05) is 54.0 Å². The molecule has 6 aliphatic rings. The number of ether oxygens (including phenoxy) is 3. The lowest BCUT2D eigenvalue weighted by Gasteiger charge is -2.72. The van der Waals surface area contributed by atoms with E-state index in [1.165, 1.54) is 5.57 Å². The summed E-state index contributed by atoms with van der Waals surface area (Å²) in [6.07, 6.45) is 6.96. The molecule has 0 bridgehead atoms. The number of carboxylic acids is 1. The summed E-state index contributed by atoms with van der Waals surface area (Å²) in [5.41, 5.74) is 1.15. The van der Waals surface area contributed by atoms with Gasteiger partial charge in [-0.2, -0.15) is 0 Å². The number of rotatable bonds is 9. The van der Waals surface area contributed by atoms with Gasteiger partial charge in [0.1, 0.15) is 6.10 Å². The number of esters is 1. The maximum atomic E-state index is 14.1. The van der Waals surface area contributed by atoms with Crippen molar-refractivity contribution >= 4 is 23.4 Å². The number of carbonyl (C=O) groups excluding carboxylic acids is 2. The van der Waals surface area contributed by atoms with Crippen molar-refractivity contribution in [1.29, 1.82) is 0 Å². The van der Waals surface area contributed by atoms with Crippen LogP contribution in [0.4, 0.5) is 5.69 Å². The molecule has 4 fully saturated rings. The zero-order valence-corrected chi connectivity index (χ0v) is 33.5. The molecule has 5 aliphatic carbocycles. The number of benzene rings is 1. The summed E-state index contributed by atoms with van der Waals surface area (Å²) in [6.45, 7) is 20.1. The van der Waals surface area contributed by atoms with Crippen LogP contribution in [0, 0.1) is 56.2 Å². The number of nitrogens with one attached hydrogen (secondary N) is 1. The topological polar surface area (TPSA) is 131 Å². The van der Waals surface area contributed by atoms with Gasteiger partial charge >= 0.3 is 11.9 Å². The molecule has 0 spiro atoms. The summed E-state index contributed by atoms with van der Waals surface area (Å²) in [6, 6.07) is 5.75. The molecule has 0 aromatic heterocycles. The van der Waals surface area contributed by atoms with Crippen molar-refractivity contribution < 1.29 is 38.8 Å². The summed E-state index contributed by atoms with van der Waals surface area (Å²) < 4.78 is 17.2. The SMILES string of the molecule is CC(C)C1=C2[C@H]3CC[C@@H]4[C@@]5(C)CC[C@H](OC(=O)CC(C)(C)C(=O)O)C(C)(C)[C@@H]5CC[C@@]4(C)[C@]3(C)CC[C@@]2([C@H](O)CNc2ccc3c(c2)OCO3)CC1=O. The Morgan fingerprint density at radius 3 is 2.36 bits per heavy atom. The van der Waals surface area contributed by atoms with Crippen LogP contribution in [0.1, 0.15) is 127 Å². The van der Waals surface area contributed by atoms with E-state index in [-0.39, 0.29) is 58.6 Å². The monoisotopic (exact) mass is 733 g/mol. The number of aliphatic hydroxyl groups excluding tert-OH is 1. The van der Waals surface area contributed by atoms with E-state index in [9.17, 15) is 24.6 Å². The summed E-state index contributed by atoms with van der Waals surface area (Å²) >= 11 is 0. The van der Waals surface area contributed by atoms with Crippen molar-refractivity contribution in [2.45, 2.75) is 139 Å². The van der Waals surface area contributed by atoms with E-state index in [1.54, 1.807) is 13.8 Å². The minimum absolute atomic E-state index is 0.0339. The first kappa shape index (κ1) is 38.2. The van der Waals surface area contributed by atoms with Crippen LogP contribution in [-0.2, 0) is 19.1 Å². The largest absolute Gasteiger partial charge is 0.481 e. The normalized spacial score (nSPS) is 37.7. The van der Waals surface area contributed by atoms with E-state index in [2.05, 4.69) is 53.8 Å². The highest BCUT2D eigenvalue weighted by Crippen LogP contribution is 2.77. The summed E-state index contributed by atoms with van der Waals surface area (Å²) in [4.78, 5) is 38.9. The van der Waals surface area contributed by atoms with E-state index in [0.717, 1.165) is 68.4 Å². The van der Waals surface area contributed by atoms with Crippen molar-refractivity contribution in [2.75, 3.05) is 18.7 Å². The van der Waals surface area contributed by atoms with Crippen molar-refractivity contribution in [1.82, 2.24) is 0 Å². The van der Waals surface area contributed by atoms with Gasteiger partial charge in [-0.25, -0.2) is 0 Å². The van der Waals surface area contributed by atoms with Gasteiger partial charge in [0.25, 0.3) is 0 Å². The van der Waals surface area contributed by atoms with Crippen LogP contribution in [0.15, 0.2) is 29.3 Å². The molecule has 1 aliphatic heterocycles. The summed E-state index contributed by atoms with van der Waals surface area (Å²) in [5, 5.41) is 25.3. The number of hydrogen-bond donors (Lipinski definition) is 3. The highest BCUT2D eigenvalue weighted by molar-refractivity contribution is 6.00. The second kappa shape index (κ2) is 12.7. The Hall–Kier alpha value is -3.07. The molecule has 292 valence electrons. The van der Waals surface area contributed by atoms with E-state index in [0.29, 0.717) is 30.6 Å². The number of hydrogen-bond acceptors (Lipinski definition) is 8. The first-order chi connectivity index (χ1) is 24.7. The number of carboxylic acid groups (broad SMARTS) is 1. The molecule has 0 saturated heterocycles. The third-order valence-corrected chi connectivity index (χ3v) is 16.4. The fourth-order valence-corrected chi connectivity index (χ4v) is 13.3. The van der Waals surface area contributed by atoms with E-state index >= 15 is 0 Å². The van der Waals surface area contributed by atoms with Crippen LogP contribution in [0.2, 0.25) is 0 Å². The Kier molecular flexibility index (Phi) is 9.19. The first-order valence-corrected chi connectivity index (χ1v) is 20.2. The molecular formula is C44H63NO8. The molecular weight excluding hydrogens is 670 g/mol. The molecule has 1 aromatic rings. The maximum absolute atomic E-state index is 14.1. The Morgan fingerprint density at radius 2 is 1.66 bits per heavy atom. The van der Waals surface area contributed by atoms with Gasteiger partial charge in [-0.15, -0.1) is 0 Å². The lowest BCUT2D eigenvalue weighted by molar-refractivity contribution is -0.235. The molecule has 1 heterocycles. The molecule has 0 radical (unpaired) electrons. The Labute approximate surface area is 316 Å². The van der Waals surface area contributed by atoms with E-state index < -0.39 is 28.9 Å². The third-order valence-electron chi connectivity index (χ3n) is 16.4. The van der Waals surface area contributed by atoms with Crippen LogP contribution >= 0.6 is 0 Å². The minimum Gasteiger partial charge on any atom is -0.481 e. The molecule has 0 unspecified atom stereocenters. The fourth-order valence-electron chi connectivity index (χ4n) is 13.3. The zero-order chi connectivity index (χ0) is 38.5. The number of allylic oxidation sites excluding steroid dienone is 1. The Morgan fingerprint density at radius 1 is 0.943 bits per heavy atom. The van der Waals surface area contributed by atoms with Gasteiger partial charge in [0.2, 0.25) is 6.79 Å². The van der Waals surface area contributed by atoms with Gasteiger partial charge in [0, 0.05) is 35.5 Å². The average Bonchev–Trinajstić information content (AvgIpc) is 3.67. The summed E-state index contributed by atoms with van der Waals surface area (Å²) in [5.74, 6) is 1.36. The lowest BCUT2D eigenvalue weighted by atomic mass is 9.33. The van der Waals surface area contributed by atoms with Gasteiger partial charge in [-0.05, 0) is 123 Å².